The maximum atomic E-state index is 11.9. The minimum Gasteiger partial charge on any atom is -0.497 e. The highest BCUT2D eigenvalue weighted by molar-refractivity contribution is 5.79. The van der Waals surface area contributed by atoms with Crippen LogP contribution in [-0.4, -0.2) is 38.6 Å². The van der Waals surface area contributed by atoms with Gasteiger partial charge in [0.05, 0.1) is 26.6 Å². The highest BCUT2D eigenvalue weighted by Crippen LogP contribution is 2.11. The van der Waals surface area contributed by atoms with Gasteiger partial charge in [-0.15, -0.1) is 0 Å². The highest BCUT2D eigenvalue weighted by Gasteiger charge is 2.05. The number of hydrogen-bond acceptors (Lipinski definition) is 4. The summed E-state index contributed by atoms with van der Waals surface area (Å²) in [5.41, 5.74) is 0.908. The summed E-state index contributed by atoms with van der Waals surface area (Å²) in [6.07, 6.45) is 0.567. The molecule has 2 aromatic carbocycles. The number of hydrogen-bond donors (Lipinski definition) is 2. The second-order valence-electron chi connectivity index (χ2n) is 5.64. The summed E-state index contributed by atoms with van der Waals surface area (Å²) in [5.74, 6) is 1.31. The molecule has 0 heterocycles. The topological polar surface area (TPSA) is 76.7 Å². The zero-order valence-electron chi connectivity index (χ0n) is 14.9. The first-order valence-corrected chi connectivity index (χ1v) is 8.51. The fourth-order valence-corrected chi connectivity index (χ4v) is 2.26. The predicted octanol–water partition coefficient (Wildman–Crippen LogP) is 1.94. The lowest BCUT2D eigenvalue weighted by Gasteiger charge is -2.08. The number of amides is 2. The van der Waals surface area contributed by atoms with E-state index < -0.39 is 0 Å². The minimum absolute atomic E-state index is 0.0863. The molecule has 0 radical (unpaired) electrons. The van der Waals surface area contributed by atoms with Gasteiger partial charge in [0.25, 0.3) is 0 Å². The molecule has 0 aliphatic carbocycles. The largest absolute Gasteiger partial charge is 0.497 e. The molecule has 0 bridgehead atoms. The third kappa shape index (κ3) is 7.25. The Morgan fingerprint density at radius 3 is 2.15 bits per heavy atom. The lowest BCUT2D eigenvalue weighted by molar-refractivity contribution is -0.122. The molecule has 0 saturated heterocycles. The molecule has 138 valence electrons. The Morgan fingerprint density at radius 1 is 0.846 bits per heavy atom. The smallest absolute Gasteiger partial charge is 0.224 e. The summed E-state index contributed by atoms with van der Waals surface area (Å²) >= 11 is 0. The van der Waals surface area contributed by atoms with Crippen LogP contribution in [0.15, 0.2) is 54.6 Å². The first-order valence-electron chi connectivity index (χ1n) is 8.51. The Balaban J connectivity index is 1.54. The second kappa shape index (κ2) is 10.8. The summed E-state index contributed by atoms with van der Waals surface area (Å²) in [6, 6.07) is 16.7. The summed E-state index contributed by atoms with van der Waals surface area (Å²) in [5, 5.41) is 5.53. The summed E-state index contributed by atoms with van der Waals surface area (Å²) in [7, 11) is 1.60. The molecule has 6 nitrogen and oxygen atoms in total. The van der Waals surface area contributed by atoms with E-state index >= 15 is 0 Å². The first kappa shape index (κ1) is 19.3. The lowest BCUT2D eigenvalue weighted by atomic mass is 10.1. The van der Waals surface area contributed by atoms with Crippen LogP contribution in [0, 0.1) is 0 Å². The minimum atomic E-state index is -0.106. The van der Waals surface area contributed by atoms with Crippen molar-refractivity contribution in [3.8, 4) is 11.5 Å². The van der Waals surface area contributed by atoms with Crippen LogP contribution in [-0.2, 0) is 16.0 Å². The molecule has 0 aliphatic heterocycles. The number of rotatable bonds is 10. The van der Waals surface area contributed by atoms with Crippen LogP contribution in [0.4, 0.5) is 0 Å². The van der Waals surface area contributed by atoms with Crippen molar-refractivity contribution in [3.05, 3.63) is 60.2 Å². The Bertz CT molecular complexity index is 687. The molecule has 0 atom stereocenters. The fourth-order valence-electron chi connectivity index (χ4n) is 2.26. The van der Waals surface area contributed by atoms with Crippen molar-refractivity contribution < 1.29 is 19.1 Å². The van der Waals surface area contributed by atoms with Crippen molar-refractivity contribution in [1.29, 1.82) is 0 Å². The van der Waals surface area contributed by atoms with Crippen molar-refractivity contribution in [2.75, 3.05) is 26.8 Å². The Morgan fingerprint density at radius 2 is 1.50 bits per heavy atom. The zero-order valence-corrected chi connectivity index (χ0v) is 14.9. The second-order valence-corrected chi connectivity index (χ2v) is 5.64. The molecule has 26 heavy (non-hydrogen) atoms. The quantitative estimate of drug-likeness (QED) is 0.638. The van der Waals surface area contributed by atoms with Crippen molar-refractivity contribution in [2.24, 2.45) is 0 Å². The summed E-state index contributed by atoms with van der Waals surface area (Å²) < 4.78 is 10.5. The van der Waals surface area contributed by atoms with Gasteiger partial charge in [-0.3, -0.25) is 9.59 Å². The number of methoxy groups -OCH3 is 1. The van der Waals surface area contributed by atoms with Crippen LogP contribution in [0.5, 0.6) is 11.5 Å². The third-order valence-electron chi connectivity index (χ3n) is 3.63. The maximum absolute atomic E-state index is 11.9. The molecule has 0 unspecified atom stereocenters. The lowest BCUT2D eigenvalue weighted by Crippen LogP contribution is -2.35. The monoisotopic (exact) mass is 356 g/mol. The molecule has 2 N–H and O–H groups in total. The number of para-hydroxylation sites is 1. The average Bonchev–Trinajstić information content (AvgIpc) is 2.67. The molecule has 0 spiro atoms. The third-order valence-corrected chi connectivity index (χ3v) is 3.63. The Kier molecular flexibility index (Phi) is 7.99. The molecule has 6 heteroatoms. The van der Waals surface area contributed by atoms with Crippen LogP contribution in [0.2, 0.25) is 0 Å². The SMILES string of the molecule is COc1ccc(CC(=O)NCCNC(=O)CCOc2ccccc2)cc1. The van der Waals surface area contributed by atoms with E-state index in [4.69, 9.17) is 9.47 Å². The predicted molar refractivity (Wildman–Crippen MR) is 99.3 cm³/mol. The van der Waals surface area contributed by atoms with E-state index in [2.05, 4.69) is 10.6 Å². The van der Waals surface area contributed by atoms with Gasteiger partial charge in [0, 0.05) is 13.1 Å². The molecule has 2 rings (SSSR count). The summed E-state index contributed by atoms with van der Waals surface area (Å²) in [4.78, 5) is 23.6. The summed E-state index contributed by atoms with van der Waals surface area (Å²) in [6.45, 7) is 1.10. The van der Waals surface area contributed by atoms with E-state index in [1.807, 2.05) is 54.6 Å². The van der Waals surface area contributed by atoms with Crippen molar-refractivity contribution in [1.82, 2.24) is 10.6 Å². The van der Waals surface area contributed by atoms with Gasteiger partial charge in [-0.25, -0.2) is 0 Å². The molecule has 0 aliphatic rings. The first-order chi connectivity index (χ1) is 12.7. The van der Waals surface area contributed by atoms with Crippen molar-refractivity contribution in [3.63, 3.8) is 0 Å². The van der Waals surface area contributed by atoms with Gasteiger partial charge < -0.3 is 20.1 Å². The Hall–Kier alpha value is -3.02. The van der Waals surface area contributed by atoms with Crippen LogP contribution in [0.3, 0.4) is 0 Å². The number of carbonyl (C=O) groups excluding carboxylic acids is 2. The number of ether oxygens (including phenoxy) is 2. The van der Waals surface area contributed by atoms with E-state index in [1.54, 1.807) is 7.11 Å². The van der Waals surface area contributed by atoms with E-state index in [0.29, 0.717) is 26.1 Å². The van der Waals surface area contributed by atoms with Crippen LogP contribution >= 0.6 is 0 Å². The van der Waals surface area contributed by atoms with Crippen molar-refractivity contribution >= 4 is 11.8 Å². The zero-order chi connectivity index (χ0) is 18.6. The van der Waals surface area contributed by atoms with Crippen molar-refractivity contribution in [2.45, 2.75) is 12.8 Å². The molecule has 2 aromatic rings. The van der Waals surface area contributed by atoms with Gasteiger partial charge in [0.1, 0.15) is 11.5 Å². The maximum Gasteiger partial charge on any atom is 0.224 e. The fraction of sp³-hybridized carbons (Fsp3) is 0.300. The van der Waals surface area contributed by atoms with E-state index in [-0.39, 0.29) is 18.2 Å². The van der Waals surface area contributed by atoms with Crippen LogP contribution in [0.1, 0.15) is 12.0 Å². The van der Waals surface area contributed by atoms with E-state index in [9.17, 15) is 9.59 Å². The standard InChI is InChI=1S/C20H24N2O4/c1-25-17-9-7-16(8-10-17)15-20(24)22-13-12-21-19(23)11-14-26-18-5-3-2-4-6-18/h2-10H,11-15H2,1H3,(H,21,23)(H,22,24). The average molecular weight is 356 g/mol. The number of carbonyl (C=O) groups is 2. The van der Waals surface area contributed by atoms with Gasteiger partial charge in [-0.1, -0.05) is 30.3 Å². The number of benzene rings is 2. The van der Waals surface area contributed by atoms with E-state index in [1.165, 1.54) is 0 Å². The normalized spacial score (nSPS) is 10.0. The highest BCUT2D eigenvalue weighted by atomic mass is 16.5. The van der Waals surface area contributed by atoms with Gasteiger partial charge >= 0.3 is 0 Å². The molecule has 0 aromatic heterocycles. The molecule has 0 fully saturated rings. The van der Waals surface area contributed by atoms with Gasteiger partial charge in [-0.2, -0.15) is 0 Å². The van der Waals surface area contributed by atoms with Crippen LogP contribution in [0.25, 0.3) is 0 Å². The van der Waals surface area contributed by atoms with Gasteiger partial charge in [0.15, 0.2) is 0 Å². The van der Waals surface area contributed by atoms with Gasteiger partial charge in [-0.05, 0) is 29.8 Å². The molecular formula is C20H24N2O4. The molecule has 2 amide bonds. The van der Waals surface area contributed by atoms with Crippen LogP contribution < -0.4 is 20.1 Å². The van der Waals surface area contributed by atoms with E-state index in [0.717, 1.165) is 17.1 Å². The van der Waals surface area contributed by atoms with Gasteiger partial charge in [0.2, 0.25) is 11.8 Å². The molecular weight excluding hydrogens is 332 g/mol. The Labute approximate surface area is 153 Å². The number of nitrogens with one attached hydrogen (secondary N) is 2. The molecule has 0 saturated carbocycles.